The molecule has 0 saturated heterocycles. The highest BCUT2D eigenvalue weighted by Gasteiger charge is 2.32. The van der Waals surface area contributed by atoms with Crippen LogP contribution in [0.3, 0.4) is 0 Å². The third-order valence-corrected chi connectivity index (χ3v) is 5.31. The van der Waals surface area contributed by atoms with Gasteiger partial charge in [0.05, 0.1) is 6.42 Å². The van der Waals surface area contributed by atoms with Crippen molar-refractivity contribution in [3.05, 3.63) is 70.2 Å². The minimum absolute atomic E-state index is 0.0121. The lowest BCUT2D eigenvalue weighted by atomic mass is 10.1. The van der Waals surface area contributed by atoms with Gasteiger partial charge in [-0.25, -0.2) is 0 Å². The third-order valence-electron chi connectivity index (χ3n) is 5.06. The van der Waals surface area contributed by atoms with Gasteiger partial charge in [-0.15, -0.1) is 0 Å². The molecular weight excluding hydrogens is 360 g/mol. The first kappa shape index (κ1) is 18.1. The summed E-state index contributed by atoms with van der Waals surface area (Å²) in [4.78, 5) is 26.9. The molecule has 2 amide bonds. The second-order valence-electron chi connectivity index (χ2n) is 7.50. The topological polar surface area (TPSA) is 49.4 Å². The van der Waals surface area contributed by atoms with E-state index >= 15 is 0 Å². The number of nitrogens with zero attached hydrogens (tertiary/aromatic N) is 1. The van der Waals surface area contributed by atoms with E-state index in [9.17, 15) is 9.59 Å². The first-order valence-electron chi connectivity index (χ1n) is 9.52. The Morgan fingerprint density at radius 1 is 0.926 bits per heavy atom. The van der Waals surface area contributed by atoms with Gasteiger partial charge in [0.1, 0.15) is 0 Å². The lowest BCUT2D eigenvalue weighted by molar-refractivity contribution is -0.131. The number of benzene rings is 2. The first-order chi connectivity index (χ1) is 13.1. The summed E-state index contributed by atoms with van der Waals surface area (Å²) in [7, 11) is 0. The number of amides is 2. The summed E-state index contributed by atoms with van der Waals surface area (Å²) in [5.41, 5.74) is 2.70. The molecule has 2 aromatic rings. The van der Waals surface area contributed by atoms with E-state index in [0.29, 0.717) is 35.6 Å². The number of carbonyl (C=O) groups excluding carboxylic acids is 2. The molecule has 0 aliphatic heterocycles. The van der Waals surface area contributed by atoms with Crippen LogP contribution in [-0.4, -0.2) is 28.8 Å². The van der Waals surface area contributed by atoms with Crippen LogP contribution in [0.4, 0.5) is 0 Å². The highest BCUT2D eigenvalue weighted by molar-refractivity contribution is 6.30. The van der Waals surface area contributed by atoms with E-state index in [-0.39, 0.29) is 11.8 Å². The van der Waals surface area contributed by atoms with Crippen molar-refractivity contribution < 1.29 is 9.59 Å². The summed E-state index contributed by atoms with van der Waals surface area (Å²) in [5, 5.41) is 3.67. The Morgan fingerprint density at radius 2 is 1.56 bits per heavy atom. The maximum absolute atomic E-state index is 12.8. The third kappa shape index (κ3) is 4.89. The SMILES string of the molecule is O=C(NC1CC1)c1ccc(CN(C(=O)Cc2ccc(Cl)cc2)C2CC2)cc1. The van der Waals surface area contributed by atoms with Gasteiger partial charge in [-0.05, 0) is 61.1 Å². The van der Waals surface area contributed by atoms with Gasteiger partial charge in [0.15, 0.2) is 0 Å². The normalized spacial score (nSPS) is 16.0. The Bertz CT molecular complexity index is 824. The smallest absolute Gasteiger partial charge is 0.251 e. The van der Waals surface area contributed by atoms with Crippen molar-refractivity contribution in [1.29, 1.82) is 0 Å². The van der Waals surface area contributed by atoms with Gasteiger partial charge in [-0.1, -0.05) is 35.9 Å². The molecule has 0 spiro atoms. The van der Waals surface area contributed by atoms with Gasteiger partial charge in [0.25, 0.3) is 5.91 Å². The summed E-state index contributed by atoms with van der Waals surface area (Å²) in [6, 6.07) is 15.7. The number of halogens is 1. The summed E-state index contributed by atoms with van der Waals surface area (Å²) in [6.45, 7) is 0.585. The zero-order valence-corrected chi connectivity index (χ0v) is 15.9. The number of hydrogen-bond acceptors (Lipinski definition) is 2. The second kappa shape index (κ2) is 7.73. The highest BCUT2D eigenvalue weighted by atomic mass is 35.5. The number of nitrogens with one attached hydrogen (secondary N) is 1. The summed E-state index contributed by atoms with van der Waals surface area (Å²) in [6.07, 6.45) is 4.67. The van der Waals surface area contributed by atoms with Gasteiger partial charge in [0.2, 0.25) is 5.91 Å². The minimum atomic E-state index is -0.0121. The molecule has 0 unspecified atom stereocenters. The lowest BCUT2D eigenvalue weighted by Crippen LogP contribution is -2.33. The number of hydrogen-bond donors (Lipinski definition) is 1. The lowest BCUT2D eigenvalue weighted by Gasteiger charge is -2.23. The van der Waals surface area contributed by atoms with Gasteiger partial charge in [0, 0.05) is 29.2 Å². The maximum Gasteiger partial charge on any atom is 0.251 e. The van der Waals surface area contributed by atoms with Crippen LogP contribution in [0.25, 0.3) is 0 Å². The molecule has 4 rings (SSSR count). The Balaban J connectivity index is 1.39. The molecule has 27 heavy (non-hydrogen) atoms. The minimum Gasteiger partial charge on any atom is -0.349 e. The van der Waals surface area contributed by atoms with Crippen molar-refractivity contribution in [2.45, 2.75) is 50.7 Å². The Morgan fingerprint density at radius 3 is 2.15 bits per heavy atom. The number of rotatable bonds is 7. The zero-order chi connectivity index (χ0) is 18.8. The Hall–Kier alpha value is -2.33. The van der Waals surface area contributed by atoms with Crippen molar-refractivity contribution in [2.75, 3.05) is 0 Å². The van der Waals surface area contributed by atoms with Gasteiger partial charge >= 0.3 is 0 Å². The maximum atomic E-state index is 12.8. The molecule has 5 heteroatoms. The van der Waals surface area contributed by atoms with Crippen LogP contribution in [0.2, 0.25) is 5.02 Å². The molecule has 2 saturated carbocycles. The zero-order valence-electron chi connectivity index (χ0n) is 15.2. The van der Waals surface area contributed by atoms with Gasteiger partial charge in [-0.2, -0.15) is 0 Å². The van der Waals surface area contributed by atoms with E-state index in [0.717, 1.165) is 36.8 Å². The Kier molecular flexibility index (Phi) is 5.17. The predicted octanol–water partition coefficient (Wildman–Crippen LogP) is 3.97. The Labute approximate surface area is 164 Å². The monoisotopic (exact) mass is 382 g/mol. The molecule has 2 aromatic carbocycles. The number of carbonyl (C=O) groups is 2. The van der Waals surface area contributed by atoms with E-state index in [1.54, 1.807) is 0 Å². The van der Waals surface area contributed by atoms with Crippen LogP contribution in [0.1, 0.15) is 47.2 Å². The van der Waals surface area contributed by atoms with Crippen LogP contribution in [0.5, 0.6) is 0 Å². The van der Waals surface area contributed by atoms with Crippen LogP contribution >= 0.6 is 11.6 Å². The molecule has 2 fully saturated rings. The molecule has 1 N–H and O–H groups in total. The molecule has 4 nitrogen and oxygen atoms in total. The standard InChI is InChI=1S/C22H23ClN2O2/c23-18-7-3-15(4-8-18)13-21(26)25(20-11-12-20)14-16-1-5-17(6-2-16)22(27)24-19-9-10-19/h1-8,19-20H,9-14H2,(H,24,27). The molecule has 0 radical (unpaired) electrons. The molecule has 0 heterocycles. The predicted molar refractivity (Wildman–Crippen MR) is 106 cm³/mol. The van der Waals surface area contributed by atoms with E-state index in [1.807, 2.05) is 53.4 Å². The van der Waals surface area contributed by atoms with Crippen molar-refractivity contribution in [2.24, 2.45) is 0 Å². The fourth-order valence-electron chi connectivity index (χ4n) is 3.14. The van der Waals surface area contributed by atoms with Crippen molar-refractivity contribution >= 4 is 23.4 Å². The molecule has 140 valence electrons. The van der Waals surface area contributed by atoms with Crippen LogP contribution in [-0.2, 0) is 17.8 Å². The van der Waals surface area contributed by atoms with Crippen LogP contribution in [0, 0.1) is 0 Å². The van der Waals surface area contributed by atoms with Crippen molar-refractivity contribution in [1.82, 2.24) is 10.2 Å². The van der Waals surface area contributed by atoms with E-state index < -0.39 is 0 Å². The quantitative estimate of drug-likeness (QED) is 0.787. The highest BCUT2D eigenvalue weighted by Crippen LogP contribution is 2.29. The summed E-state index contributed by atoms with van der Waals surface area (Å²) < 4.78 is 0. The average Bonchev–Trinajstić information content (AvgIpc) is 3.57. The fourth-order valence-corrected chi connectivity index (χ4v) is 3.27. The molecular formula is C22H23ClN2O2. The van der Waals surface area contributed by atoms with Crippen LogP contribution in [0.15, 0.2) is 48.5 Å². The summed E-state index contributed by atoms with van der Waals surface area (Å²) >= 11 is 5.92. The first-order valence-corrected chi connectivity index (χ1v) is 9.90. The molecule has 2 aliphatic carbocycles. The molecule has 0 aromatic heterocycles. The van der Waals surface area contributed by atoms with Gasteiger partial charge < -0.3 is 10.2 Å². The van der Waals surface area contributed by atoms with E-state index in [1.165, 1.54) is 0 Å². The second-order valence-corrected chi connectivity index (χ2v) is 7.94. The largest absolute Gasteiger partial charge is 0.349 e. The summed E-state index contributed by atoms with van der Waals surface area (Å²) in [5.74, 6) is 0.122. The molecule has 0 atom stereocenters. The average molecular weight is 383 g/mol. The van der Waals surface area contributed by atoms with E-state index in [2.05, 4.69) is 5.32 Å². The molecule has 2 aliphatic rings. The van der Waals surface area contributed by atoms with E-state index in [4.69, 9.17) is 11.6 Å². The fraction of sp³-hybridized carbons (Fsp3) is 0.364. The molecule has 0 bridgehead atoms. The van der Waals surface area contributed by atoms with Crippen molar-refractivity contribution in [3.63, 3.8) is 0 Å². The van der Waals surface area contributed by atoms with Crippen molar-refractivity contribution in [3.8, 4) is 0 Å². The van der Waals surface area contributed by atoms with Gasteiger partial charge in [-0.3, -0.25) is 9.59 Å². The van der Waals surface area contributed by atoms with Crippen LogP contribution < -0.4 is 5.32 Å².